The highest BCUT2D eigenvalue weighted by atomic mass is 35.5. The van der Waals surface area contributed by atoms with Crippen LogP contribution in [0.25, 0.3) is 0 Å². The number of rotatable bonds is 8. The van der Waals surface area contributed by atoms with Gasteiger partial charge in [-0.15, -0.1) is 0 Å². The van der Waals surface area contributed by atoms with Crippen molar-refractivity contribution in [2.75, 3.05) is 60.2 Å². The number of halogens is 1. The van der Waals surface area contributed by atoms with E-state index >= 15 is 0 Å². The van der Waals surface area contributed by atoms with Crippen molar-refractivity contribution in [3.05, 3.63) is 18.2 Å². The third-order valence-corrected chi connectivity index (χ3v) is 4.17. The van der Waals surface area contributed by atoms with Gasteiger partial charge in [-0.05, 0) is 19.1 Å². The summed E-state index contributed by atoms with van der Waals surface area (Å²) >= 11 is 0. The highest BCUT2D eigenvalue weighted by Gasteiger charge is 2.23. The lowest BCUT2D eigenvalue weighted by Crippen LogP contribution is -3.00. The fourth-order valence-electron chi connectivity index (χ4n) is 2.82. The second-order valence-corrected chi connectivity index (χ2v) is 5.94. The second-order valence-electron chi connectivity index (χ2n) is 5.94. The van der Waals surface area contributed by atoms with Gasteiger partial charge in [-0.3, -0.25) is 4.90 Å². The summed E-state index contributed by atoms with van der Waals surface area (Å²) in [4.78, 5) is 15.5. The molecule has 154 valence electrons. The summed E-state index contributed by atoms with van der Waals surface area (Å²) in [5.41, 5.74) is 0. The van der Waals surface area contributed by atoms with Crippen LogP contribution in [0.4, 0.5) is 4.79 Å². The molecule has 0 aliphatic carbocycles. The Labute approximate surface area is 166 Å². The normalized spacial score (nSPS) is 15.5. The first-order valence-electron chi connectivity index (χ1n) is 8.75. The van der Waals surface area contributed by atoms with Crippen molar-refractivity contribution in [3.8, 4) is 17.2 Å². The molecule has 8 nitrogen and oxygen atoms in total. The number of piperazine rings is 1. The van der Waals surface area contributed by atoms with Gasteiger partial charge in [0, 0.05) is 32.7 Å². The molecule has 0 radical (unpaired) electrons. The van der Waals surface area contributed by atoms with Crippen LogP contribution in [-0.2, 0) is 4.74 Å². The summed E-state index contributed by atoms with van der Waals surface area (Å²) in [7, 11) is 3.11. The molecule has 1 amide bonds. The van der Waals surface area contributed by atoms with E-state index in [9.17, 15) is 9.90 Å². The zero-order valence-electron chi connectivity index (χ0n) is 16.0. The van der Waals surface area contributed by atoms with E-state index in [1.165, 1.54) is 0 Å². The molecule has 9 heteroatoms. The number of ether oxygens (including phenoxy) is 4. The summed E-state index contributed by atoms with van der Waals surface area (Å²) in [6.45, 7) is 5.31. The number of amides is 1. The number of methoxy groups -OCH3 is 2. The first-order valence-corrected chi connectivity index (χ1v) is 8.75. The highest BCUT2D eigenvalue weighted by molar-refractivity contribution is 5.67. The SMILES string of the molecule is CCOC(=O)N1CCN(CC(O)COc2c(OC)cccc2OC)CC1.[Cl-]. The molecule has 0 saturated carbocycles. The number of carbonyl (C=O) groups excluding carboxylic acids is 1. The van der Waals surface area contributed by atoms with E-state index in [-0.39, 0.29) is 25.1 Å². The summed E-state index contributed by atoms with van der Waals surface area (Å²) in [6, 6.07) is 5.36. The molecular weight excluding hydrogens is 376 g/mol. The maximum atomic E-state index is 11.7. The molecule has 1 aromatic carbocycles. The second kappa shape index (κ2) is 11.7. The van der Waals surface area contributed by atoms with Gasteiger partial charge in [0.05, 0.1) is 20.8 Å². The number of para-hydroxylation sites is 1. The number of benzene rings is 1. The number of aliphatic hydroxyl groups is 1. The molecule has 0 aromatic heterocycles. The van der Waals surface area contributed by atoms with Crippen LogP contribution in [0, 0.1) is 0 Å². The molecule has 1 heterocycles. The van der Waals surface area contributed by atoms with E-state index < -0.39 is 6.10 Å². The predicted octanol–water partition coefficient (Wildman–Crippen LogP) is -1.78. The van der Waals surface area contributed by atoms with Gasteiger partial charge in [-0.2, -0.15) is 0 Å². The lowest BCUT2D eigenvalue weighted by Gasteiger charge is -2.34. The maximum Gasteiger partial charge on any atom is 0.409 e. The minimum Gasteiger partial charge on any atom is -1.00 e. The molecule has 1 unspecified atom stereocenters. The third kappa shape index (κ3) is 6.64. The van der Waals surface area contributed by atoms with Gasteiger partial charge in [0.15, 0.2) is 11.5 Å². The topological polar surface area (TPSA) is 80.7 Å². The smallest absolute Gasteiger partial charge is 0.409 e. The van der Waals surface area contributed by atoms with Crippen LogP contribution in [0.2, 0.25) is 0 Å². The van der Waals surface area contributed by atoms with Crippen molar-refractivity contribution in [2.24, 2.45) is 0 Å². The van der Waals surface area contributed by atoms with Crippen LogP contribution < -0.4 is 26.6 Å². The van der Waals surface area contributed by atoms with Crippen molar-refractivity contribution in [1.29, 1.82) is 0 Å². The van der Waals surface area contributed by atoms with Crippen LogP contribution in [-0.4, -0.2) is 87.3 Å². The Hall–Kier alpha value is -1.90. The van der Waals surface area contributed by atoms with E-state index in [0.717, 1.165) is 0 Å². The average molecular weight is 404 g/mol. The van der Waals surface area contributed by atoms with Crippen molar-refractivity contribution < 1.29 is 41.3 Å². The van der Waals surface area contributed by atoms with Crippen molar-refractivity contribution in [1.82, 2.24) is 9.80 Å². The Bertz CT molecular complexity index is 559. The zero-order chi connectivity index (χ0) is 18.9. The maximum absolute atomic E-state index is 11.7. The third-order valence-electron chi connectivity index (χ3n) is 4.17. The summed E-state index contributed by atoms with van der Waals surface area (Å²) in [5, 5.41) is 10.3. The predicted molar refractivity (Wildman–Crippen MR) is 96.1 cm³/mol. The monoisotopic (exact) mass is 403 g/mol. The Morgan fingerprint density at radius 1 is 1.15 bits per heavy atom. The lowest BCUT2D eigenvalue weighted by atomic mass is 10.2. The van der Waals surface area contributed by atoms with E-state index in [1.807, 2.05) is 6.07 Å². The quantitative estimate of drug-likeness (QED) is 0.549. The van der Waals surface area contributed by atoms with Crippen LogP contribution >= 0.6 is 0 Å². The number of carbonyl (C=O) groups is 1. The molecule has 1 atom stereocenters. The van der Waals surface area contributed by atoms with E-state index in [2.05, 4.69) is 4.90 Å². The largest absolute Gasteiger partial charge is 1.00 e. The fraction of sp³-hybridized carbons (Fsp3) is 0.611. The highest BCUT2D eigenvalue weighted by Crippen LogP contribution is 2.36. The molecule has 1 fully saturated rings. The van der Waals surface area contributed by atoms with Crippen LogP contribution in [0.3, 0.4) is 0 Å². The van der Waals surface area contributed by atoms with E-state index in [1.54, 1.807) is 38.2 Å². The number of aliphatic hydroxyl groups excluding tert-OH is 1. The van der Waals surface area contributed by atoms with Gasteiger partial charge in [0.1, 0.15) is 12.7 Å². The van der Waals surface area contributed by atoms with E-state index in [0.29, 0.717) is 56.6 Å². The Balaban J connectivity index is 0.00000364. The van der Waals surface area contributed by atoms with Gasteiger partial charge >= 0.3 is 6.09 Å². The van der Waals surface area contributed by atoms with Crippen LogP contribution in [0.5, 0.6) is 17.2 Å². The first kappa shape index (κ1) is 23.1. The van der Waals surface area contributed by atoms with Crippen molar-refractivity contribution in [2.45, 2.75) is 13.0 Å². The van der Waals surface area contributed by atoms with Crippen molar-refractivity contribution in [3.63, 3.8) is 0 Å². The molecule has 1 N–H and O–H groups in total. The molecule has 27 heavy (non-hydrogen) atoms. The molecule has 1 aliphatic rings. The number of nitrogens with zero attached hydrogens (tertiary/aromatic N) is 2. The average Bonchev–Trinajstić information content (AvgIpc) is 2.66. The molecule has 0 spiro atoms. The standard InChI is InChI=1S/C18H28N2O6.ClH/c1-4-25-18(22)20-10-8-19(9-11-20)12-14(21)13-26-17-15(23-2)6-5-7-16(17)24-3;/h5-7,14,21H,4,8-13H2,1-3H3;1H/p-1. The van der Waals surface area contributed by atoms with Crippen molar-refractivity contribution >= 4 is 6.09 Å². The van der Waals surface area contributed by atoms with Gasteiger partial charge in [0.2, 0.25) is 5.75 Å². The Morgan fingerprint density at radius 2 is 1.74 bits per heavy atom. The fourth-order valence-corrected chi connectivity index (χ4v) is 2.82. The van der Waals surface area contributed by atoms with Gasteiger partial charge in [-0.1, -0.05) is 6.07 Å². The minimum atomic E-state index is -0.668. The van der Waals surface area contributed by atoms with Crippen LogP contribution in [0.15, 0.2) is 18.2 Å². The lowest BCUT2D eigenvalue weighted by molar-refractivity contribution is -0.0000208. The Morgan fingerprint density at radius 3 is 2.26 bits per heavy atom. The first-order chi connectivity index (χ1) is 12.6. The molecular formula is C18H28ClN2O6-. The Kier molecular flexibility index (Phi) is 10.1. The number of hydrogen-bond donors (Lipinski definition) is 1. The van der Waals surface area contributed by atoms with E-state index in [4.69, 9.17) is 18.9 Å². The minimum absolute atomic E-state index is 0. The molecule has 1 saturated heterocycles. The summed E-state index contributed by atoms with van der Waals surface area (Å²) in [6.07, 6.45) is -0.946. The zero-order valence-corrected chi connectivity index (χ0v) is 16.8. The molecule has 0 bridgehead atoms. The van der Waals surface area contributed by atoms with Gasteiger partial charge in [-0.25, -0.2) is 4.79 Å². The summed E-state index contributed by atoms with van der Waals surface area (Å²) < 4.78 is 21.3. The van der Waals surface area contributed by atoms with Crippen LogP contribution in [0.1, 0.15) is 6.92 Å². The van der Waals surface area contributed by atoms with Gasteiger partial charge < -0.3 is 41.4 Å². The molecule has 2 rings (SSSR count). The summed E-state index contributed by atoms with van der Waals surface area (Å²) in [5.74, 6) is 1.59. The molecule has 1 aromatic rings. The number of β-amino-alcohol motifs (C(OH)–C–C–N with tert-alkyl or cyclic N) is 1. The molecule has 1 aliphatic heterocycles. The number of hydrogen-bond acceptors (Lipinski definition) is 7. The van der Waals surface area contributed by atoms with Gasteiger partial charge in [0.25, 0.3) is 0 Å².